The number of nitrogens with one attached hydrogen (secondary N) is 2. The summed E-state index contributed by atoms with van der Waals surface area (Å²) in [6, 6.07) is 15.6. The van der Waals surface area contributed by atoms with E-state index in [2.05, 4.69) is 52.5 Å². The molecule has 0 spiro atoms. The number of alkyl halides is 1. The second-order valence-electron chi connectivity index (χ2n) is 9.51. The molecule has 0 aromatic heterocycles. The van der Waals surface area contributed by atoms with E-state index in [9.17, 15) is 9.18 Å². The molecule has 2 amide bonds. The van der Waals surface area contributed by atoms with Crippen LogP contribution in [0.15, 0.2) is 48.5 Å². The van der Waals surface area contributed by atoms with Gasteiger partial charge in [-0.3, -0.25) is 4.90 Å². The van der Waals surface area contributed by atoms with Crippen LogP contribution in [-0.4, -0.2) is 62.2 Å². The van der Waals surface area contributed by atoms with Crippen LogP contribution in [0.4, 0.5) is 20.6 Å². The third-order valence-electron chi connectivity index (χ3n) is 6.78. The maximum atomic E-state index is 12.6. The van der Waals surface area contributed by atoms with Crippen molar-refractivity contribution < 1.29 is 18.7 Å². The summed E-state index contributed by atoms with van der Waals surface area (Å²) in [5.74, 6) is 1.28. The van der Waals surface area contributed by atoms with Crippen LogP contribution in [0.25, 0.3) is 0 Å². The molecule has 4 rings (SSSR count). The first-order valence-electron chi connectivity index (χ1n) is 12.6. The summed E-state index contributed by atoms with van der Waals surface area (Å²) >= 11 is 0. The average Bonchev–Trinajstić information content (AvgIpc) is 2.86. The highest BCUT2D eigenvalue weighted by Gasteiger charge is 2.29. The third kappa shape index (κ3) is 6.78. The molecule has 2 aromatic carbocycles. The number of nitrogens with zero attached hydrogens (tertiary/aromatic N) is 2. The van der Waals surface area contributed by atoms with Gasteiger partial charge in [-0.1, -0.05) is 24.3 Å². The summed E-state index contributed by atoms with van der Waals surface area (Å²) in [6.45, 7) is 7.22. The molecule has 2 N–H and O–H groups in total. The molecule has 190 valence electrons. The zero-order valence-corrected chi connectivity index (χ0v) is 20.7. The Labute approximate surface area is 207 Å². The topological polar surface area (TPSA) is 66.1 Å². The number of para-hydroxylation sites is 4. The lowest BCUT2D eigenvalue weighted by molar-refractivity contribution is 0.137. The average molecular weight is 485 g/mol. The molecule has 2 fully saturated rings. The summed E-state index contributed by atoms with van der Waals surface area (Å²) in [7, 11) is 0. The molecule has 2 aliphatic rings. The Morgan fingerprint density at radius 1 is 0.971 bits per heavy atom. The Morgan fingerprint density at radius 3 is 2.31 bits per heavy atom. The molecule has 1 saturated carbocycles. The first-order valence-corrected chi connectivity index (χ1v) is 12.6. The van der Waals surface area contributed by atoms with Crippen LogP contribution in [0.3, 0.4) is 0 Å². The van der Waals surface area contributed by atoms with Crippen molar-refractivity contribution in [3.8, 4) is 11.5 Å². The van der Waals surface area contributed by atoms with Crippen LogP contribution in [0.5, 0.6) is 11.5 Å². The Bertz CT molecular complexity index is 957. The minimum Gasteiger partial charge on any atom is -0.489 e. The van der Waals surface area contributed by atoms with E-state index in [-0.39, 0.29) is 18.2 Å². The number of amides is 2. The summed E-state index contributed by atoms with van der Waals surface area (Å²) in [5.41, 5.74) is 1.65. The molecule has 0 radical (unpaired) electrons. The highest BCUT2D eigenvalue weighted by Crippen LogP contribution is 2.31. The van der Waals surface area contributed by atoms with Crippen LogP contribution in [-0.2, 0) is 0 Å². The van der Waals surface area contributed by atoms with Crippen LogP contribution in [0.1, 0.15) is 39.5 Å². The molecular weight excluding hydrogens is 447 g/mol. The number of hydrogen-bond acceptors (Lipinski definition) is 5. The molecule has 0 bridgehead atoms. The number of hydrogen-bond donors (Lipinski definition) is 2. The van der Waals surface area contributed by atoms with E-state index in [4.69, 9.17) is 9.47 Å². The van der Waals surface area contributed by atoms with Crippen molar-refractivity contribution in [2.45, 2.75) is 57.7 Å². The Morgan fingerprint density at radius 2 is 1.63 bits per heavy atom. The molecule has 8 heteroatoms. The number of anilines is 2. The fraction of sp³-hybridized carbons (Fsp3) is 0.519. The SMILES string of the molecule is CC(C)Oc1ccccc1N1CCN([C@H]2CC[C@@H](NC(=O)Nc3ccccc3OCF)CC2)CC1. The predicted molar refractivity (Wildman–Crippen MR) is 137 cm³/mol. The normalized spacial score (nSPS) is 21.0. The monoisotopic (exact) mass is 484 g/mol. The zero-order chi connectivity index (χ0) is 24.6. The first-order chi connectivity index (χ1) is 17.0. The van der Waals surface area contributed by atoms with Crippen molar-refractivity contribution in [3.05, 3.63) is 48.5 Å². The van der Waals surface area contributed by atoms with E-state index in [0.29, 0.717) is 17.5 Å². The molecule has 1 heterocycles. The second kappa shape index (κ2) is 12.1. The predicted octanol–water partition coefficient (Wildman–Crippen LogP) is 5.03. The Balaban J connectivity index is 1.22. The number of urea groups is 1. The van der Waals surface area contributed by atoms with Crippen molar-refractivity contribution in [1.82, 2.24) is 10.2 Å². The summed E-state index contributed by atoms with van der Waals surface area (Å²) in [4.78, 5) is 17.5. The van der Waals surface area contributed by atoms with Gasteiger partial charge in [-0.25, -0.2) is 9.18 Å². The molecule has 7 nitrogen and oxygen atoms in total. The van der Waals surface area contributed by atoms with Gasteiger partial charge >= 0.3 is 6.03 Å². The lowest BCUT2D eigenvalue weighted by Gasteiger charge is -2.43. The van der Waals surface area contributed by atoms with E-state index in [1.807, 2.05) is 6.07 Å². The van der Waals surface area contributed by atoms with E-state index >= 15 is 0 Å². The van der Waals surface area contributed by atoms with Crippen molar-refractivity contribution in [3.63, 3.8) is 0 Å². The van der Waals surface area contributed by atoms with Gasteiger partial charge in [0.25, 0.3) is 0 Å². The van der Waals surface area contributed by atoms with Gasteiger partial charge in [0.05, 0.1) is 17.5 Å². The van der Waals surface area contributed by atoms with E-state index in [0.717, 1.165) is 57.6 Å². The van der Waals surface area contributed by atoms with E-state index in [1.165, 1.54) is 5.69 Å². The molecule has 2 aromatic rings. The van der Waals surface area contributed by atoms with Crippen LogP contribution in [0, 0.1) is 0 Å². The number of piperazine rings is 1. The molecular formula is C27H37FN4O3. The summed E-state index contributed by atoms with van der Waals surface area (Å²) in [5, 5.41) is 5.86. The van der Waals surface area contributed by atoms with Crippen LogP contribution >= 0.6 is 0 Å². The van der Waals surface area contributed by atoms with Gasteiger partial charge in [0, 0.05) is 38.3 Å². The van der Waals surface area contributed by atoms with Crippen LogP contribution < -0.4 is 25.0 Å². The number of benzene rings is 2. The number of rotatable bonds is 8. The van der Waals surface area contributed by atoms with Crippen molar-refractivity contribution in [1.29, 1.82) is 0 Å². The fourth-order valence-electron chi connectivity index (χ4n) is 5.08. The van der Waals surface area contributed by atoms with Crippen LogP contribution in [0.2, 0.25) is 0 Å². The number of halogens is 1. The van der Waals surface area contributed by atoms with E-state index in [1.54, 1.807) is 24.3 Å². The quantitative estimate of drug-likeness (QED) is 0.550. The molecule has 1 aliphatic carbocycles. The van der Waals surface area contributed by atoms with Crippen molar-refractivity contribution in [2.75, 3.05) is 43.3 Å². The molecule has 0 unspecified atom stereocenters. The molecule has 35 heavy (non-hydrogen) atoms. The van der Waals surface area contributed by atoms with Gasteiger partial charge in [0.15, 0.2) is 0 Å². The van der Waals surface area contributed by atoms with Gasteiger partial charge in [-0.2, -0.15) is 0 Å². The number of carbonyl (C=O) groups is 1. The summed E-state index contributed by atoms with van der Waals surface area (Å²) < 4.78 is 23.5. The molecule has 1 saturated heterocycles. The van der Waals surface area contributed by atoms with Gasteiger partial charge in [0.2, 0.25) is 6.86 Å². The van der Waals surface area contributed by atoms with E-state index < -0.39 is 6.86 Å². The smallest absolute Gasteiger partial charge is 0.319 e. The second-order valence-corrected chi connectivity index (χ2v) is 9.51. The lowest BCUT2D eigenvalue weighted by atomic mass is 9.90. The maximum absolute atomic E-state index is 12.6. The summed E-state index contributed by atoms with van der Waals surface area (Å²) in [6.07, 6.45) is 4.19. The third-order valence-corrected chi connectivity index (χ3v) is 6.78. The maximum Gasteiger partial charge on any atom is 0.319 e. The Hall–Kier alpha value is -3.00. The van der Waals surface area contributed by atoms with Crippen molar-refractivity contribution in [2.24, 2.45) is 0 Å². The Kier molecular flexibility index (Phi) is 8.69. The minimum atomic E-state index is -0.934. The number of carbonyl (C=O) groups excluding carboxylic acids is 1. The fourth-order valence-corrected chi connectivity index (χ4v) is 5.08. The van der Waals surface area contributed by atoms with Gasteiger partial charge in [-0.15, -0.1) is 0 Å². The number of ether oxygens (including phenoxy) is 2. The van der Waals surface area contributed by atoms with Gasteiger partial charge < -0.3 is 25.0 Å². The standard InChI is InChI=1S/C27H37FN4O3/c1-20(2)35-26-10-6-4-8-24(26)32-17-15-31(16-18-32)22-13-11-21(12-14-22)29-27(33)30-23-7-3-5-9-25(23)34-19-28/h3-10,20-22H,11-19H2,1-2H3,(H2,29,30,33)/t21-,22+. The molecule has 1 aliphatic heterocycles. The zero-order valence-electron chi connectivity index (χ0n) is 20.7. The highest BCUT2D eigenvalue weighted by molar-refractivity contribution is 5.91. The lowest BCUT2D eigenvalue weighted by Crippen LogP contribution is -2.52. The molecule has 0 atom stereocenters. The van der Waals surface area contributed by atoms with Gasteiger partial charge in [0.1, 0.15) is 11.5 Å². The van der Waals surface area contributed by atoms with Crippen molar-refractivity contribution >= 4 is 17.4 Å². The largest absolute Gasteiger partial charge is 0.489 e. The first kappa shape index (κ1) is 25.1. The van der Waals surface area contributed by atoms with Gasteiger partial charge in [-0.05, 0) is 63.8 Å². The minimum absolute atomic E-state index is 0.141. The highest BCUT2D eigenvalue weighted by atomic mass is 19.1.